The topological polar surface area (TPSA) is 63.6 Å². The first-order valence-electron chi connectivity index (χ1n) is 8.74. The van der Waals surface area contributed by atoms with Crippen LogP contribution >= 0.6 is 0 Å². The number of esters is 1. The number of carbonyl (C=O) groups excluding carboxylic acids is 2. The Balaban J connectivity index is 1.86. The molecular weight excluding hydrogens is 304 g/mol. The van der Waals surface area contributed by atoms with Crippen LogP contribution in [-0.4, -0.2) is 30.1 Å². The van der Waals surface area contributed by atoms with Crippen molar-refractivity contribution >= 4 is 11.8 Å². The molecule has 4 nitrogen and oxygen atoms in total. The van der Waals surface area contributed by atoms with Gasteiger partial charge in [-0.05, 0) is 49.7 Å². The minimum atomic E-state index is -0.435. The van der Waals surface area contributed by atoms with E-state index < -0.39 is 5.41 Å². The van der Waals surface area contributed by atoms with Crippen molar-refractivity contribution in [2.75, 3.05) is 13.2 Å². The highest BCUT2D eigenvalue weighted by molar-refractivity contribution is 6.00. The number of benzene rings is 1. The number of hydrogen-bond donors (Lipinski definition) is 1. The minimum absolute atomic E-state index is 0.0584. The first-order chi connectivity index (χ1) is 11.3. The summed E-state index contributed by atoms with van der Waals surface area (Å²) in [6, 6.07) is 6.70. The molecule has 132 valence electrons. The number of aliphatic hydroxyl groups is 1. The lowest BCUT2D eigenvalue weighted by atomic mass is 9.83. The summed E-state index contributed by atoms with van der Waals surface area (Å²) in [5.41, 5.74) is 0.654. The summed E-state index contributed by atoms with van der Waals surface area (Å²) in [4.78, 5) is 24.3. The predicted molar refractivity (Wildman–Crippen MR) is 93.0 cm³/mol. The van der Waals surface area contributed by atoms with Gasteiger partial charge in [0, 0.05) is 17.6 Å². The number of ketones is 1. The number of ether oxygens (including phenoxy) is 1. The lowest BCUT2D eigenvalue weighted by Gasteiger charge is -2.26. The minimum Gasteiger partial charge on any atom is -0.462 e. The first-order valence-corrected chi connectivity index (χ1v) is 8.74. The first kappa shape index (κ1) is 18.7. The van der Waals surface area contributed by atoms with Crippen LogP contribution in [0.3, 0.4) is 0 Å². The molecule has 0 heterocycles. The Bertz CT molecular complexity index is 560. The van der Waals surface area contributed by atoms with Gasteiger partial charge in [0.25, 0.3) is 0 Å². The van der Waals surface area contributed by atoms with Crippen LogP contribution in [0.5, 0.6) is 0 Å². The third kappa shape index (κ3) is 4.91. The Labute approximate surface area is 144 Å². The molecule has 0 amide bonds. The van der Waals surface area contributed by atoms with Crippen LogP contribution < -0.4 is 0 Å². The van der Waals surface area contributed by atoms with Gasteiger partial charge in [-0.3, -0.25) is 4.79 Å². The third-order valence-corrected chi connectivity index (χ3v) is 4.74. The van der Waals surface area contributed by atoms with Crippen molar-refractivity contribution in [3.63, 3.8) is 0 Å². The van der Waals surface area contributed by atoms with E-state index in [2.05, 4.69) is 0 Å². The lowest BCUT2D eigenvalue weighted by molar-refractivity contribution is 0.0379. The molecule has 0 aliphatic heterocycles. The van der Waals surface area contributed by atoms with Crippen molar-refractivity contribution in [2.24, 2.45) is 17.3 Å². The Morgan fingerprint density at radius 2 is 1.50 bits per heavy atom. The summed E-state index contributed by atoms with van der Waals surface area (Å²) in [5.74, 6) is 0.514. The molecule has 1 aliphatic carbocycles. The molecule has 0 atom stereocenters. The number of rotatable bonds is 5. The van der Waals surface area contributed by atoms with Gasteiger partial charge in [-0.25, -0.2) is 4.79 Å². The molecular formula is C20H28O4. The zero-order valence-electron chi connectivity index (χ0n) is 14.9. The maximum absolute atomic E-state index is 12.2. The smallest absolute Gasteiger partial charge is 0.338 e. The van der Waals surface area contributed by atoms with Gasteiger partial charge in [-0.15, -0.1) is 0 Å². The molecule has 0 unspecified atom stereocenters. The fourth-order valence-electron chi connectivity index (χ4n) is 3.05. The van der Waals surface area contributed by atoms with Gasteiger partial charge in [-0.2, -0.15) is 0 Å². The van der Waals surface area contributed by atoms with Crippen molar-refractivity contribution in [3.8, 4) is 0 Å². The third-order valence-electron chi connectivity index (χ3n) is 4.74. The van der Waals surface area contributed by atoms with Gasteiger partial charge in [0.15, 0.2) is 5.78 Å². The average molecular weight is 332 g/mol. The highest BCUT2D eigenvalue weighted by atomic mass is 16.5. The van der Waals surface area contributed by atoms with Crippen molar-refractivity contribution in [3.05, 3.63) is 35.4 Å². The standard InChI is InChI=1S/C20H28O4/c1-20(2,3)18(22)16-8-10-17(11-9-16)19(23)24-13-15-6-4-14(12-21)5-7-15/h8-11,14-15,21H,4-7,12-13H2,1-3H3. The monoisotopic (exact) mass is 332 g/mol. The van der Waals surface area contributed by atoms with Crippen LogP contribution in [0, 0.1) is 17.3 Å². The molecule has 0 aromatic heterocycles. The highest BCUT2D eigenvalue weighted by Gasteiger charge is 2.24. The molecule has 1 fully saturated rings. The lowest BCUT2D eigenvalue weighted by Crippen LogP contribution is -2.22. The summed E-state index contributed by atoms with van der Waals surface area (Å²) < 4.78 is 5.42. The molecule has 4 heteroatoms. The molecule has 24 heavy (non-hydrogen) atoms. The summed E-state index contributed by atoms with van der Waals surface area (Å²) >= 11 is 0. The van der Waals surface area contributed by atoms with E-state index in [0.717, 1.165) is 25.7 Å². The molecule has 0 bridgehead atoms. The molecule has 0 spiro atoms. The Morgan fingerprint density at radius 3 is 2.00 bits per heavy atom. The summed E-state index contributed by atoms with van der Waals surface area (Å²) in [6.45, 7) is 6.32. The van der Waals surface area contributed by atoms with Gasteiger partial charge < -0.3 is 9.84 Å². The second-order valence-electron chi connectivity index (χ2n) is 7.82. The Kier molecular flexibility index (Phi) is 6.16. The maximum Gasteiger partial charge on any atom is 0.338 e. The van der Waals surface area contributed by atoms with E-state index >= 15 is 0 Å². The zero-order chi connectivity index (χ0) is 17.7. The van der Waals surface area contributed by atoms with Gasteiger partial charge in [0.2, 0.25) is 0 Å². The molecule has 1 saturated carbocycles. The average Bonchev–Trinajstić information content (AvgIpc) is 2.58. The predicted octanol–water partition coefficient (Wildman–Crippen LogP) is 3.87. The van der Waals surface area contributed by atoms with Crippen LogP contribution in [0.2, 0.25) is 0 Å². The fraction of sp³-hybridized carbons (Fsp3) is 0.600. The number of Topliss-reactive ketones (excluding diaryl/α,β-unsaturated/α-hetero) is 1. The van der Waals surface area contributed by atoms with E-state index in [1.54, 1.807) is 24.3 Å². The molecule has 2 rings (SSSR count). The molecule has 1 N–H and O–H groups in total. The van der Waals surface area contributed by atoms with Gasteiger partial charge in [0.05, 0.1) is 12.2 Å². The Morgan fingerprint density at radius 1 is 1.00 bits per heavy atom. The van der Waals surface area contributed by atoms with Crippen molar-refractivity contribution in [1.82, 2.24) is 0 Å². The van der Waals surface area contributed by atoms with Crippen LogP contribution in [0.4, 0.5) is 0 Å². The van der Waals surface area contributed by atoms with Crippen molar-refractivity contribution < 1.29 is 19.4 Å². The van der Waals surface area contributed by atoms with Crippen LogP contribution in [0.15, 0.2) is 24.3 Å². The number of aliphatic hydroxyl groups excluding tert-OH is 1. The van der Waals surface area contributed by atoms with E-state index in [9.17, 15) is 9.59 Å². The summed E-state index contributed by atoms with van der Waals surface area (Å²) in [5, 5.41) is 9.15. The largest absolute Gasteiger partial charge is 0.462 e. The summed E-state index contributed by atoms with van der Waals surface area (Å²) in [6.07, 6.45) is 4.00. The maximum atomic E-state index is 12.2. The van der Waals surface area contributed by atoms with Crippen LogP contribution in [-0.2, 0) is 4.74 Å². The van der Waals surface area contributed by atoms with E-state index in [4.69, 9.17) is 9.84 Å². The zero-order valence-corrected chi connectivity index (χ0v) is 14.9. The van der Waals surface area contributed by atoms with E-state index in [1.165, 1.54) is 0 Å². The Hall–Kier alpha value is -1.68. The molecule has 0 radical (unpaired) electrons. The molecule has 1 aromatic rings. The van der Waals surface area contributed by atoms with Crippen molar-refractivity contribution in [1.29, 1.82) is 0 Å². The van der Waals surface area contributed by atoms with Gasteiger partial charge in [-0.1, -0.05) is 32.9 Å². The second kappa shape index (κ2) is 7.93. The fourth-order valence-corrected chi connectivity index (χ4v) is 3.05. The molecule has 1 aliphatic rings. The van der Waals surface area contributed by atoms with E-state index in [0.29, 0.717) is 29.6 Å². The van der Waals surface area contributed by atoms with Gasteiger partial charge in [0.1, 0.15) is 0 Å². The highest BCUT2D eigenvalue weighted by Crippen LogP contribution is 2.28. The second-order valence-corrected chi connectivity index (χ2v) is 7.82. The van der Waals surface area contributed by atoms with Crippen LogP contribution in [0.1, 0.15) is 67.2 Å². The normalized spacial score (nSPS) is 21.3. The molecule has 0 saturated heterocycles. The number of hydrogen-bond acceptors (Lipinski definition) is 4. The quantitative estimate of drug-likeness (QED) is 0.657. The van der Waals surface area contributed by atoms with Crippen molar-refractivity contribution in [2.45, 2.75) is 46.5 Å². The van der Waals surface area contributed by atoms with Crippen LogP contribution in [0.25, 0.3) is 0 Å². The molecule has 1 aromatic carbocycles. The van der Waals surface area contributed by atoms with E-state index in [-0.39, 0.29) is 18.4 Å². The summed E-state index contributed by atoms with van der Waals surface area (Å²) in [7, 11) is 0. The van der Waals surface area contributed by atoms with E-state index in [1.807, 2.05) is 20.8 Å². The van der Waals surface area contributed by atoms with Gasteiger partial charge >= 0.3 is 5.97 Å². The number of carbonyl (C=O) groups is 2. The SMILES string of the molecule is CC(C)(C)C(=O)c1ccc(C(=O)OCC2CCC(CO)CC2)cc1.